The summed E-state index contributed by atoms with van der Waals surface area (Å²) in [5.74, 6) is -1.16. The molecule has 8 heteroatoms. The zero-order valence-electron chi connectivity index (χ0n) is 17.0. The van der Waals surface area contributed by atoms with Crippen molar-refractivity contribution in [1.82, 2.24) is 24.6 Å². The van der Waals surface area contributed by atoms with Gasteiger partial charge in [0.2, 0.25) is 0 Å². The molecule has 1 atom stereocenters. The highest BCUT2D eigenvalue weighted by Crippen LogP contribution is 2.27. The van der Waals surface area contributed by atoms with Gasteiger partial charge in [-0.15, -0.1) is 0 Å². The summed E-state index contributed by atoms with van der Waals surface area (Å²) >= 11 is 0. The third-order valence-electron chi connectivity index (χ3n) is 5.53. The lowest BCUT2D eigenvalue weighted by Gasteiger charge is -2.34. The molecule has 0 fully saturated rings. The molecule has 2 aromatic carbocycles. The summed E-state index contributed by atoms with van der Waals surface area (Å²) in [6, 6.07) is 19.5. The third kappa shape index (κ3) is 3.51. The molecule has 4 aromatic rings. The van der Waals surface area contributed by atoms with E-state index in [4.69, 9.17) is 0 Å². The van der Waals surface area contributed by atoms with Crippen LogP contribution in [0.2, 0.25) is 0 Å². The van der Waals surface area contributed by atoms with Crippen LogP contribution < -0.4 is 0 Å². The Morgan fingerprint density at radius 2 is 1.59 bits per heavy atom. The van der Waals surface area contributed by atoms with Crippen LogP contribution in [-0.2, 0) is 17.8 Å². The minimum atomic E-state index is -1.04. The Bertz CT molecular complexity index is 1230. The average Bonchev–Trinajstić information content (AvgIpc) is 3.29. The van der Waals surface area contributed by atoms with Gasteiger partial charge in [0.05, 0.1) is 5.69 Å². The Morgan fingerprint density at radius 3 is 2.31 bits per heavy atom. The highest BCUT2D eigenvalue weighted by atomic mass is 16.4. The Morgan fingerprint density at radius 1 is 0.906 bits per heavy atom. The molecular weight excluding hydrogens is 406 g/mol. The summed E-state index contributed by atoms with van der Waals surface area (Å²) in [6.45, 7) is 0.210. The summed E-state index contributed by atoms with van der Waals surface area (Å²) in [5, 5.41) is 14.3. The molecule has 0 saturated carbocycles. The number of fused-ring (bicyclic) bond motifs is 1. The van der Waals surface area contributed by atoms with Gasteiger partial charge in [0.15, 0.2) is 5.69 Å². The molecule has 0 unspecified atom stereocenters. The number of carboxylic acid groups (broad SMARTS) is 1. The predicted octanol–water partition coefficient (Wildman–Crippen LogP) is 2.98. The zero-order valence-corrected chi connectivity index (χ0v) is 17.0. The van der Waals surface area contributed by atoms with Gasteiger partial charge in [0, 0.05) is 30.9 Å². The molecule has 0 spiro atoms. The maximum Gasteiger partial charge on any atom is 0.326 e. The van der Waals surface area contributed by atoms with Gasteiger partial charge in [-0.1, -0.05) is 54.6 Å². The number of amides is 1. The molecule has 0 bridgehead atoms. The van der Waals surface area contributed by atoms with Gasteiger partial charge < -0.3 is 10.0 Å². The van der Waals surface area contributed by atoms with Crippen LogP contribution in [-0.4, -0.2) is 47.7 Å². The van der Waals surface area contributed by atoms with Gasteiger partial charge in [-0.3, -0.25) is 4.79 Å². The number of rotatable bonds is 4. The summed E-state index contributed by atoms with van der Waals surface area (Å²) in [5.41, 5.74) is 3.50. The first-order chi connectivity index (χ1) is 15.6. The van der Waals surface area contributed by atoms with Crippen molar-refractivity contribution in [3.63, 3.8) is 0 Å². The smallest absolute Gasteiger partial charge is 0.326 e. The SMILES string of the molecule is O=C(O)[C@@H]1Cc2ccccc2CN1C(=O)c1cc(-c2ccccc2)n(-c2ncccn2)n1. The first-order valence-corrected chi connectivity index (χ1v) is 10.2. The van der Waals surface area contributed by atoms with Gasteiger partial charge in [-0.25, -0.2) is 14.8 Å². The maximum atomic E-state index is 13.5. The minimum Gasteiger partial charge on any atom is -0.480 e. The Kier molecular flexibility index (Phi) is 4.95. The van der Waals surface area contributed by atoms with Crippen LogP contribution in [0, 0.1) is 0 Å². The van der Waals surface area contributed by atoms with Crippen molar-refractivity contribution in [1.29, 1.82) is 0 Å². The van der Waals surface area contributed by atoms with Crippen LogP contribution in [0.15, 0.2) is 79.1 Å². The number of aromatic nitrogens is 4. The molecule has 5 rings (SSSR count). The topological polar surface area (TPSA) is 101 Å². The van der Waals surface area contributed by atoms with Gasteiger partial charge in [0.25, 0.3) is 11.9 Å². The summed E-state index contributed by atoms with van der Waals surface area (Å²) in [4.78, 5) is 35.4. The van der Waals surface area contributed by atoms with E-state index in [1.165, 1.54) is 9.58 Å². The monoisotopic (exact) mass is 425 g/mol. The van der Waals surface area contributed by atoms with Crippen LogP contribution in [0.4, 0.5) is 0 Å². The van der Waals surface area contributed by atoms with Gasteiger partial charge in [0.1, 0.15) is 6.04 Å². The van der Waals surface area contributed by atoms with Crippen molar-refractivity contribution in [3.8, 4) is 17.2 Å². The van der Waals surface area contributed by atoms with Crippen molar-refractivity contribution >= 4 is 11.9 Å². The molecule has 158 valence electrons. The van der Waals surface area contributed by atoms with E-state index in [1.54, 1.807) is 24.5 Å². The zero-order chi connectivity index (χ0) is 22.1. The molecule has 1 aliphatic rings. The van der Waals surface area contributed by atoms with Crippen LogP contribution >= 0.6 is 0 Å². The lowest BCUT2D eigenvalue weighted by Crippen LogP contribution is -2.48. The molecular formula is C24H19N5O3. The molecule has 2 aromatic heterocycles. The Labute approximate surface area is 183 Å². The lowest BCUT2D eigenvalue weighted by molar-refractivity contribution is -0.142. The molecule has 0 aliphatic carbocycles. The molecule has 0 radical (unpaired) electrons. The molecule has 1 amide bonds. The fraction of sp³-hybridized carbons (Fsp3) is 0.125. The van der Waals surface area contributed by atoms with Crippen molar-refractivity contribution in [2.75, 3.05) is 0 Å². The van der Waals surface area contributed by atoms with Crippen molar-refractivity contribution < 1.29 is 14.7 Å². The predicted molar refractivity (Wildman–Crippen MR) is 116 cm³/mol. The summed E-state index contributed by atoms with van der Waals surface area (Å²) < 4.78 is 1.51. The second kappa shape index (κ2) is 8.07. The number of nitrogens with zero attached hydrogens (tertiary/aromatic N) is 5. The molecule has 1 N–H and O–H groups in total. The first kappa shape index (κ1) is 19.6. The number of hydrogen-bond donors (Lipinski definition) is 1. The highest BCUT2D eigenvalue weighted by molar-refractivity contribution is 5.96. The number of hydrogen-bond acceptors (Lipinski definition) is 5. The third-order valence-corrected chi connectivity index (χ3v) is 5.53. The number of carbonyl (C=O) groups is 2. The molecule has 3 heterocycles. The van der Waals surface area contributed by atoms with Crippen LogP contribution in [0.1, 0.15) is 21.6 Å². The molecule has 32 heavy (non-hydrogen) atoms. The van der Waals surface area contributed by atoms with E-state index in [-0.39, 0.29) is 18.7 Å². The largest absolute Gasteiger partial charge is 0.480 e. The number of aliphatic carboxylic acids is 1. The van der Waals surface area contributed by atoms with E-state index < -0.39 is 17.9 Å². The molecule has 0 saturated heterocycles. The average molecular weight is 425 g/mol. The van der Waals surface area contributed by atoms with E-state index in [0.29, 0.717) is 11.6 Å². The second-order valence-corrected chi connectivity index (χ2v) is 7.50. The summed E-state index contributed by atoms with van der Waals surface area (Å²) in [6.07, 6.45) is 3.45. The standard InChI is InChI=1S/C24H19N5O3/c30-22(28-15-18-10-5-4-9-17(18)13-21(28)23(31)32)19-14-20(16-7-2-1-3-8-16)29(27-19)24-25-11-6-12-26-24/h1-12,14,21H,13,15H2,(H,31,32)/t21-/m0/s1. The maximum absolute atomic E-state index is 13.5. The fourth-order valence-electron chi connectivity index (χ4n) is 3.96. The van der Waals surface area contributed by atoms with Crippen molar-refractivity contribution in [2.45, 2.75) is 19.0 Å². The normalized spacial score (nSPS) is 15.2. The van der Waals surface area contributed by atoms with Crippen LogP contribution in [0.5, 0.6) is 0 Å². The number of carbonyl (C=O) groups excluding carboxylic acids is 1. The van der Waals surface area contributed by atoms with Crippen molar-refractivity contribution in [3.05, 3.63) is 95.9 Å². The molecule has 1 aliphatic heterocycles. The minimum absolute atomic E-state index is 0.141. The number of carboxylic acids is 1. The van der Waals surface area contributed by atoms with E-state index in [0.717, 1.165) is 16.7 Å². The van der Waals surface area contributed by atoms with E-state index in [9.17, 15) is 14.7 Å². The summed E-state index contributed by atoms with van der Waals surface area (Å²) in [7, 11) is 0. The van der Waals surface area contributed by atoms with E-state index in [1.807, 2.05) is 54.6 Å². The van der Waals surface area contributed by atoms with E-state index >= 15 is 0 Å². The lowest BCUT2D eigenvalue weighted by atomic mass is 9.93. The van der Waals surface area contributed by atoms with Crippen LogP contribution in [0.3, 0.4) is 0 Å². The second-order valence-electron chi connectivity index (χ2n) is 7.50. The quantitative estimate of drug-likeness (QED) is 0.539. The van der Waals surface area contributed by atoms with Crippen LogP contribution in [0.25, 0.3) is 17.2 Å². The first-order valence-electron chi connectivity index (χ1n) is 10.2. The Balaban J connectivity index is 1.58. The highest BCUT2D eigenvalue weighted by Gasteiger charge is 2.36. The van der Waals surface area contributed by atoms with Crippen molar-refractivity contribution in [2.24, 2.45) is 0 Å². The van der Waals surface area contributed by atoms with Gasteiger partial charge in [-0.2, -0.15) is 9.78 Å². The Hall–Kier alpha value is -4.33. The van der Waals surface area contributed by atoms with Gasteiger partial charge >= 0.3 is 5.97 Å². The fourth-order valence-corrected chi connectivity index (χ4v) is 3.96. The number of benzene rings is 2. The van der Waals surface area contributed by atoms with E-state index in [2.05, 4.69) is 15.1 Å². The molecule has 8 nitrogen and oxygen atoms in total. The van der Waals surface area contributed by atoms with Gasteiger partial charge in [-0.05, 0) is 23.3 Å².